The third kappa shape index (κ3) is 13.8. The van der Waals surface area contributed by atoms with Crippen molar-refractivity contribution < 1.29 is 48.1 Å². The van der Waals surface area contributed by atoms with Crippen molar-refractivity contribution in [3.05, 3.63) is 82.9 Å². The Bertz CT molecular complexity index is 1290. The van der Waals surface area contributed by atoms with Gasteiger partial charge in [0, 0.05) is 23.3 Å². The topological polar surface area (TPSA) is 114 Å². The number of benzene rings is 3. The zero-order chi connectivity index (χ0) is 32.7. The van der Waals surface area contributed by atoms with E-state index >= 15 is 0 Å². The second kappa shape index (κ2) is 22.3. The van der Waals surface area contributed by atoms with Crippen molar-refractivity contribution in [2.24, 2.45) is 0 Å². The molecule has 0 fully saturated rings. The van der Waals surface area contributed by atoms with Crippen molar-refractivity contribution in [1.29, 1.82) is 0 Å². The number of ether oxygens (including phenoxy) is 8. The molecule has 2 N–H and O–H groups in total. The average Bonchev–Trinajstić information content (AvgIpc) is 3.09. The number of rotatable bonds is 20. The van der Waals surface area contributed by atoms with Crippen LogP contribution in [0.1, 0.15) is 22.3 Å². The molecule has 3 aromatic rings. The minimum atomic E-state index is -0.0275. The van der Waals surface area contributed by atoms with Crippen molar-refractivity contribution in [3.8, 4) is 46.7 Å². The van der Waals surface area contributed by atoms with Gasteiger partial charge in [0.05, 0.1) is 91.4 Å². The molecule has 0 saturated carbocycles. The smallest absolute Gasteiger partial charge is 0.136 e. The van der Waals surface area contributed by atoms with E-state index in [0.29, 0.717) is 62.3 Å². The second-order valence-electron chi connectivity index (χ2n) is 9.40. The number of hydrogen-bond donors (Lipinski definition) is 2. The van der Waals surface area contributed by atoms with Crippen LogP contribution in [0.4, 0.5) is 0 Å². The molecule has 0 unspecified atom stereocenters. The Hall–Kier alpha value is -4.26. The van der Waals surface area contributed by atoms with Gasteiger partial charge in [0.2, 0.25) is 0 Å². The molecule has 246 valence electrons. The van der Waals surface area contributed by atoms with E-state index in [1.165, 1.54) is 0 Å². The number of aliphatic hydroxyl groups is 2. The highest BCUT2D eigenvalue weighted by molar-refractivity contribution is 5.60. The van der Waals surface area contributed by atoms with Crippen molar-refractivity contribution >= 4 is 0 Å². The average molecular weight is 635 g/mol. The van der Waals surface area contributed by atoms with Crippen molar-refractivity contribution in [1.82, 2.24) is 0 Å². The number of aliphatic hydroxyl groups excluding tert-OH is 2. The lowest BCUT2D eigenvalue weighted by molar-refractivity contribution is 0.0244. The third-order valence-corrected chi connectivity index (χ3v) is 6.13. The standard InChI is InChI=1S/C36H42O10/c1-39-33-11-5-29(6-12-33)3-9-31-27-36(46-26-24-44-22-20-42-18-16-38)32(10-4-30-7-13-34(40-2)14-8-30)28-35(31)45-25-23-43-21-19-41-17-15-37/h5-8,11-14,27-28,37-38H,15-26H2,1-2H3. The molecule has 3 aromatic carbocycles. The van der Waals surface area contributed by atoms with Crippen LogP contribution in [-0.4, -0.2) is 104 Å². The summed E-state index contributed by atoms with van der Waals surface area (Å²) >= 11 is 0. The molecule has 0 radical (unpaired) electrons. The molecular weight excluding hydrogens is 592 g/mol. The van der Waals surface area contributed by atoms with Crippen molar-refractivity contribution in [2.45, 2.75) is 0 Å². The van der Waals surface area contributed by atoms with Crippen LogP contribution in [0.2, 0.25) is 0 Å². The van der Waals surface area contributed by atoms with Gasteiger partial charge in [0.15, 0.2) is 0 Å². The van der Waals surface area contributed by atoms with E-state index in [-0.39, 0.29) is 39.6 Å². The van der Waals surface area contributed by atoms with Crippen LogP contribution in [0, 0.1) is 23.7 Å². The maximum absolute atomic E-state index is 8.83. The Morgan fingerprint density at radius 3 is 1.15 bits per heavy atom. The molecule has 0 aromatic heterocycles. The molecule has 0 heterocycles. The molecule has 10 heteroatoms. The van der Waals surface area contributed by atoms with E-state index in [1.54, 1.807) is 14.2 Å². The first-order chi connectivity index (χ1) is 22.7. The first kappa shape index (κ1) is 36.2. The maximum atomic E-state index is 8.83. The minimum absolute atomic E-state index is 0.0275. The predicted molar refractivity (Wildman–Crippen MR) is 173 cm³/mol. The summed E-state index contributed by atoms with van der Waals surface area (Å²) in [6.07, 6.45) is 0. The SMILES string of the molecule is COc1ccc(C#Cc2cc(OCCOCCOCCO)c(C#Cc3ccc(OC)cc3)cc2OCCOCCOCCO)cc1. The van der Waals surface area contributed by atoms with Crippen LogP contribution in [0.3, 0.4) is 0 Å². The lowest BCUT2D eigenvalue weighted by atomic mass is 10.1. The van der Waals surface area contributed by atoms with E-state index in [1.807, 2.05) is 60.7 Å². The Morgan fingerprint density at radius 1 is 0.457 bits per heavy atom. The fourth-order valence-electron chi connectivity index (χ4n) is 3.82. The Labute approximate surface area is 271 Å². The Kier molecular flexibility index (Phi) is 17.5. The van der Waals surface area contributed by atoms with Gasteiger partial charge in [-0.3, -0.25) is 0 Å². The molecular formula is C36H42O10. The van der Waals surface area contributed by atoms with Crippen LogP contribution in [0.15, 0.2) is 60.7 Å². The molecule has 0 spiro atoms. The van der Waals surface area contributed by atoms with Crippen LogP contribution < -0.4 is 18.9 Å². The molecule has 0 saturated heterocycles. The molecule has 0 amide bonds. The Morgan fingerprint density at radius 2 is 0.804 bits per heavy atom. The zero-order valence-electron chi connectivity index (χ0n) is 26.4. The lowest BCUT2D eigenvalue weighted by Gasteiger charge is -2.14. The van der Waals surface area contributed by atoms with Gasteiger partial charge in [-0.15, -0.1) is 0 Å². The maximum Gasteiger partial charge on any atom is 0.136 e. The van der Waals surface area contributed by atoms with Gasteiger partial charge in [-0.2, -0.15) is 0 Å². The molecule has 3 rings (SSSR count). The van der Waals surface area contributed by atoms with Gasteiger partial charge in [-0.25, -0.2) is 0 Å². The first-order valence-corrected chi connectivity index (χ1v) is 14.9. The van der Waals surface area contributed by atoms with Gasteiger partial charge >= 0.3 is 0 Å². The summed E-state index contributed by atoms with van der Waals surface area (Å²) < 4.78 is 44.4. The highest BCUT2D eigenvalue weighted by Crippen LogP contribution is 2.29. The van der Waals surface area contributed by atoms with Crippen LogP contribution >= 0.6 is 0 Å². The van der Waals surface area contributed by atoms with Gasteiger partial charge in [-0.05, 0) is 48.5 Å². The van der Waals surface area contributed by atoms with Crippen molar-refractivity contribution in [3.63, 3.8) is 0 Å². The normalized spacial score (nSPS) is 10.3. The fraction of sp³-hybridized carbons (Fsp3) is 0.389. The molecule has 0 bridgehead atoms. The molecule has 0 aliphatic heterocycles. The lowest BCUT2D eigenvalue weighted by Crippen LogP contribution is -2.13. The van der Waals surface area contributed by atoms with Gasteiger partial charge < -0.3 is 48.1 Å². The monoisotopic (exact) mass is 634 g/mol. The number of methoxy groups -OCH3 is 2. The predicted octanol–water partition coefficient (Wildman–Crippen LogP) is 3.31. The summed E-state index contributed by atoms with van der Waals surface area (Å²) in [4.78, 5) is 0. The highest BCUT2D eigenvalue weighted by atomic mass is 16.6. The van der Waals surface area contributed by atoms with Gasteiger partial charge in [0.1, 0.15) is 36.2 Å². The second-order valence-corrected chi connectivity index (χ2v) is 9.40. The van der Waals surface area contributed by atoms with Crippen molar-refractivity contribution in [2.75, 3.05) is 93.5 Å². The fourth-order valence-corrected chi connectivity index (χ4v) is 3.82. The summed E-state index contributed by atoms with van der Waals surface area (Å²) in [7, 11) is 3.24. The summed E-state index contributed by atoms with van der Waals surface area (Å²) in [5.74, 6) is 15.4. The van der Waals surface area contributed by atoms with Crippen LogP contribution in [0.5, 0.6) is 23.0 Å². The molecule has 0 aliphatic rings. The highest BCUT2D eigenvalue weighted by Gasteiger charge is 2.11. The molecule has 0 aliphatic carbocycles. The van der Waals surface area contributed by atoms with E-state index in [9.17, 15) is 0 Å². The van der Waals surface area contributed by atoms with E-state index < -0.39 is 0 Å². The molecule has 46 heavy (non-hydrogen) atoms. The molecule has 10 nitrogen and oxygen atoms in total. The van der Waals surface area contributed by atoms with E-state index in [2.05, 4.69) is 23.7 Å². The zero-order valence-corrected chi connectivity index (χ0v) is 26.4. The first-order valence-electron chi connectivity index (χ1n) is 14.9. The largest absolute Gasteiger partial charge is 0.497 e. The summed E-state index contributed by atoms with van der Waals surface area (Å²) in [6, 6.07) is 18.6. The molecule has 0 atom stereocenters. The summed E-state index contributed by atoms with van der Waals surface area (Å²) in [5.41, 5.74) is 2.84. The minimum Gasteiger partial charge on any atom is -0.497 e. The quantitative estimate of drug-likeness (QED) is 0.142. The van der Waals surface area contributed by atoms with Gasteiger partial charge in [0.25, 0.3) is 0 Å². The van der Waals surface area contributed by atoms with Crippen LogP contribution in [-0.2, 0) is 18.9 Å². The summed E-state index contributed by atoms with van der Waals surface area (Å²) in [5, 5.41) is 17.7. The summed E-state index contributed by atoms with van der Waals surface area (Å²) in [6.45, 7) is 3.24. The Balaban J connectivity index is 1.84. The van der Waals surface area contributed by atoms with Gasteiger partial charge in [-0.1, -0.05) is 23.7 Å². The van der Waals surface area contributed by atoms with Crippen LogP contribution in [0.25, 0.3) is 0 Å². The van der Waals surface area contributed by atoms with E-state index in [0.717, 1.165) is 22.6 Å². The van der Waals surface area contributed by atoms with E-state index in [4.69, 9.17) is 48.1 Å². The number of hydrogen-bond acceptors (Lipinski definition) is 10. The third-order valence-electron chi connectivity index (χ3n) is 6.13.